The molecule has 0 saturated heterocycles. The summed E-state index contributed by atoms with van der Waals surface area (Å²) in [5, 5.41) is 11.1. The van der Waals surface area contributed by atoms with Crippen LogP contribution >= 0.6 is 23.2 Å². The molecular formula is C24H15Cl2F4N3O2. The van der Waals surface area contributed by atoms with Crippen molar-refractivity contribution in [2.45, 2.75) is 12.3 Å². The van der Waals surface area contributed by atoms with E-state index >= 15 is 0 Å². The molecule has 1 atom stereocenters. The predicted octanol–water partition coefficient (Wildman–Crippen LogP) is 7.19. The van der Waals surface area contributed by atoms with Crippen LogP contribution in [0.2, 0.25) is 10.0 Å². The Balaban J connectivity index is 1.64. The molecule has 1 amide bonds. The molecule has 0 aliphatic heterocycles. The molecule has 11 heteroatoms. The molecule has 35 heavy (non-hydrogen) atoms. The SMILES string of the molecule is O=C(NC[C@H](F)c1ccc(Cl)cc1Cl)c1c(Oc2cccc(C(F)(F)F)c2)nnc2ccccc12. The molecule has 4 rings (SSSR count). The number of fused-ring (bicyclic) bond motifs is 1. The highest BCUT2D eigenvalue weighted by Crippen LogP contribution is 2.34. The zero-order valence-electron chi connectivity index (χ0n) is 17.6. The molecule has 1 aromatic heterocycles. The van der Waals surface area contributed by atoms with Crippen LogP contribution in [0.5, 0.6) is 11.6 Å². The fourth-order valence-electron chi connectivity index (χ4n) is 3.31. The van der Waals surface area contributed by atoms with E-state index in [2.05, 4.69) is 15.5 Å². The van der Waals surface area contributed by atoms with Crippen molar-refractivity contribution in [1.82, 2.24) is 15.5 Å². The fraction of sp³-hybridized carbons (Fsp3) is 0.125. The van der Waals surface area contributed by atoms with Gasteiger partial charge in [-0.25, -0.2) is 4.39 Å². The van der Waals surface area contributed by atoms with Gasteiger partial charge in [-0.05, 0) is 36.4 Å². The molecular weight excluding hydrogens is 509 g/mol. The summed E-state index contributed by atoms with van der Waals surface area (Å²) >= 11 is 11.9. The van der Waals surface area contributed by atoms with Crippen molar-refractivity contribution < 1.29 is 27.1 Å². The van der Waals surface area contributed by atoms with E-state index < -0.39 is 30.4 Å². The van der Waals surface area contributed by atoms with E-state index in [4.69, 9.17) is 27.9 Å². The fourth-order valence-corrected chi connectivity index (χ4v) is 3.84. The topological polar surface area (TPSA) is 64.1 Å². The molecule has 0 radical (unpaired) electrons. The second kappa shape index (κ2) is 10.1. The number of halogens is 6. The lowest BCUT2D eigenvalue weighted by Gasteiger charge is -2.15. The zero-order chi connectivity index (χ0) is 25.2. The van der Waals surface area contributed by atoms with Gasteiger partial charge >= 0.3 is 6.18 Å². The van der Waals surface area contributed by atoms with Crippen LogP contribution in [0, 0.1) is 0 Å². The summed E-state index contributed by atoms with van der Waals surface area (Å²) in [7, 11) is 0. The quantitative estimate of drug-likeness (QED) is 0.271. The summed E-state index contributed by atoms with van der Waals surface area (Å²) in [6, 6.07) is 14.9. The molecule has 1 heterocycles. The zero-order valence-corrected chi connectivity index (χ0v) is 19.1. The third-order valence-corrected chi connectivity index (χ3v) is 5.54. The van der Waals surface area contributed by atoms with E-state index in [1.54, 1.807) is 24.3 Å². The number of benzene rings is 3. The lowest BCUT2D eigenvalue weighted by Crippen LogP contribution is -2.28. The van der Waals surface area contributed by atoms with Gasteiger partial charge in [0.1, 0.15) is 17.5 Å². The Hall–Kier alpha value is -3.43. The smallest absolute Gasteiger partial charge is 0.416 e. The number of rotatable bonds is 6. The standard InChI is InChI=1S/C24H15Cl2F4N3O2/c25-14-8-9-16(18(26)11-14)19(27)12-31-22(34)21-17-6-1-2-7-20(17)32-33-23(21)35-15-5-3-4-13(10-15)24(28,29)30/h1-11,19H,12H2,(H,31,34)/t19-/m0/s1. The van der Waals surface area contributed by atoms with Crippen molar-refractivity contribution in [1.29, 1.82) is 0 Å². The molecule has 1 N–H and O–H groups in total. The summed E-state index contributed by atoms with van der Waals surface area (Å²) in [6.45, 7) is -0.445. The lowest BCUT2D eigenvalue weighted by molar-refractivity contribution is -0.137. The number of alkyl halides is 4. The number of hydrogen-bond donors (Lipinski definition) is 1. The van der Waals surface area contributed by atoms with Gasteiger partial charge in [-0.15, -0.1) is 10.2 Å². The number of hydrogen-bond acceptors (Lipinski definition) is 4. The number of nitrogens with one attached hydrogen (secondary N) is 1. The van der Waals surface area contributed by atoms with Gasteiger partial charge < -0.3 is 10.1 Å². The van der Waals surface area contributed by atoms with E-state index in [9.17, 15) is 22.4 Å². The summed E-state index contributed by atoms with van der Waals surface area (Å²) in [5.41, 5.74) is -0.571. The largest absolute Gasteiger partial charge is 0.437 e. The first-order valence-corrected chi connectivity index (χ1v) is 10.9. The van der Waals surface area contributed by atoms with Gasteiger partial charge in [-0.2, -0.15) is 13.2 Å². The first kappa shape index (κ1) is 24.7. The van der Waals surface area contributed by atoms with Crippen LogP contribution in [0.15, 0.2) is 66.7 Å². The number of amides is 1. The average molecular weight is 524 g/mol. The van der Waals surface area contributed by atoms with E-state index in [1.165, 1.54) is 24.3 Å². The minimum absolute atomic E-state index is 0.101. The minimum atomic E-state index is -4.59. The number of carbonyl (C=O) groups excluding carboxylic acids is 1. The number of aromatic nitrogens is 2. The molecule has 0 unspecified atom stereocenters. The second-order valence-electron chi connectivity index (χ2n) is 7.37. The van der Waals surface area contributed by atoms with Crippen LogP contribution in [-0.2, 0) is 6.18 Å². The van der Waals surface area contributed by atoms with Crippen LogP contribution in [0.3, 0.4) is 0 Å². The Labute approximate surface area is 206 Å². The van der Waals surface area contributed by atoms with E-state index in [1.807, 2.05) is 0 Å². The van der Waals surface area contributed by atoms with Crippen LogP contribution in [0.25, 0.3) is 10.9 Å². The van der Waals surface area contributed by atoms with Crippen LogP contribution in [0.1, 0.15) is 27.7 Å². The maximum atomic E-state index is 14.8. The van der Waals surface area contributed by atoms with E-state index in [0.717, 1.165) is 18.2 Å². The van der Waals surface area contributed by atoms with Crippen LogP contribution in [-0.4, -0.2) is 22.6 Å². The third-order valence-electron chi connectivity index (χ3n) is 4.98. The second-order valence-corrected chi connectivity index (χ2v) is 8.21. The predicted molar refractivity (Wildman–Crippen MR) is 124 cm³/mol. The van der Waals surface area contributed by atoms with Crippen molar-refractivity contribution in [3.8, 4) is 11.6 Å². The number of carbonyl (C=O) groups is 1. The lowest BCUT2D eigenvalue weighted by atomic mass is 10.1. The molecule has 0 bridgehead atoms. The first-order chi connectivity index (χ1) is 16.6. The monoisotopic (exact) mass is 523 g/mol. The van der Waals surface area contributed by atoms with Gasteiger partial charge in [-0.1, -0.05) is 53.5 Å². The molecule has 180 valence electrons. The Morgan fingerprint density at radius 2 is 1.77 bits per heavy atom. The van der Waals surface area contributed by atoms with Crippen molar-refractivity contribution in [3.05, 3.63) is 93.5 Å². The Kier molecular flexibility index (Phi) is 7.09. The third kappa shape index (κ3) is 5.63. The maximum Gasteiger partial charge on any atom is 0.416 e. The highest BCUT2D eigenvalue weighted by Gasteiger charge is 2.31. The summed E-state index contributed by atoms with van der Waals surface area (Å²) in [4.78, 5) is 13.1. The molecule has 0 spiro atoms. The Morgan fingerprint density at radius 1 is 1.00 bits per heavy atom. The van der Waals surface area contributed by atoms with Crippen molar-refractivity contribution in [2.24, 2.45) is 0 Å². The summed E-state index contributed by atoms with van der Waals surface area (Å²) < 4.78 is 59.6. The normalized spacial score (nSPS) is 12.4. The first-order valence-electron chi connectivity index (χ1n) is 10.1. The van der Waals surface area contributed by atoms with E-state index in [-0.39, 0.29) is 27.8 Å². The summed E-state index contributed by atoms with van der Waals surface area (Å²) in [5.74, 6) is -1.29. The van der Waals surface area contributed by atoms with Crippen molar-refractivity contribution >= 4 is 40.0 Å². The molecule has 0 aliphatic carbocycles. The molecule has 3 aromatic carbocycles. The summed E-state index contributed by atoms with van der Waals surface area (Å²) in [6.07, 6.45) is -6.24. The molecule has 4 aromatic rings. The van der Waals surface area contributed by atoms with E-state index in [0.29, 0.717) is 15.9 Å². The maximum absolute atomic E-state index is 14.8. The van der Waals surface area contributed by atoms with Crippen LogP contribution < -0.4 is 10.1 Å². The van der Waals surface area contributed by atoms with Gasteiger partial charge in [0, 0.05) is 21.0 Å². The van der Waals surface area contributed by atoms with Gasteiger partial charge in [0.05, 0.1) is 17.6 Å². The average Bonchev–Trinajstić information content (AvgIpc) is 2.82. The molecule has 0 saturated carbocycles. The van der Waals surface area contributed by atoms with Crippen molar-refractivity contribution in [2.75, 3.05) is 6.54 Å². The number of nitrogens with zero attached hydrogens (tertiary/aromatic N) is 2. The van der Waals surface area contributed by atoms with Crippen molar-refractivity contribution in [3.63, 3.8) is 0 Å². The highest BCUT2D eigenvalue weighted by molar-refractivity contribution is 6.35. The van der Waals surface area contributed by atoms with Gasteiger partial charge in [0.25, 0.3) is 11.8 Å². The number of ether oxygens (including phenoxy) is 1. The van der Waals surface area contributed by atoms with Crippen LogP contribution in [0.4, 0.5) is 17.6 Å². The molecule has 0 fully saturated rings. The van der Waals surface area contributed by atoms with Gasteiger partial charge in [0.2, 0.25) is 0 Å². The molecule has 5 nitrogen and oxygen atoms in total. The Bertz CT molecular complexity index is 1400. The Morgan fingerprint density at radius 3 is 2.51 bits per heavy atom. The minimum Gasteiger partial charge on any atom is -0.437 e. The van der Waals surface area contributed by atoms with Gasteiger partial charge in [-0.3, -0.25) is 4.79 Å². The molecule has 0 aliphatic rings. The van der Waals surface area contributed by atoms with Gasteiger partial charge in [0.15, 0.2) is 0 Å². The highest BCUT2D eigenvalue weighted by atomic mass is 35.5.